The maximum absolute atomic E-state index is 12.8. The zero-order valence-electron chi connectivity index (χ0n) is 12.4. The number of aliphatic carboxylic acids is 1. The Balaban J connectivity index is 2.14. The number of aromatic nitrogens is 2. The van der Waals surface area contributed by atoms with Crippen LogP contribution in [0.3, 0.4) is 0 Å². The molecule has 0 aliphatic carbocycles. The number of hydrogen-bond acceptors (Lipinski definition) is 5. The predicted octanol–water partition coefficient (Wildman–Crippen LogP) is 2.52. The van der Waals surface area contributed by atoms with Gasteiger partial charge in [0.15, 0.2) is 0 Å². The fraction of sp³-hybridized carbons (Fsp3) is 0.714. The molecule has 7 heteroatoms. The molecule has 0 aromatic carbocycles. The van der Waals surface area contributed by atoms with Crippen molar-refractivity contribution in [3.05, 3.63) is 10.6 Å². The topological polar surface area (TPSA) is 83.4 Å². The summed E-state index contributed by atoms with van der Waals surface area (Å²) in [6.07, 6.45) is 3.52. The number of nitrogens with zero attached hydrogens (tertiary/aromatic N) is 3. The summed E-state index contributed by atoms with van der Waals surface area (Å²) < 4.78 is 3.91. The van der Waals surface area contributed by atoms with Crippen molar-refractivity contribution >= 4 is 23.4 Å². The first kappa shape index (κ1) is 15.9. The Hall–Kier alpha value is -1.50. The lowest BCUT2D eigenvalue weighted by molar-refractivity contribution is -0.137. The minimum atomic E-state index is -0.810. The Morgan fingerprint density at radius 2 is 2.19 bits per heavy atom. The van der Waals surface area contributed by atoms with Crippen molar-refractivity contribution < 1.29 is 14.7 Å². The molecule has 1 aliphatic rings. The third-order valence-corrected chi connectivity index (χ3v) is 4.56. The van der Waals surface area contributed by atoms with Crippen LogP contribution in [-0.4, -0.2) is 44.1 Å². The summed E-state index contributed by atoms with van der Waals surface area (Å²) in [6, 6.07) is 0.0180. The van der Waals surface area contributed by atoms with Crippen molar-refractivity contribution in [1.82, 2.24) is 14.5 Å². The lowest BCUT2D eigenvalue weighted by atomic mass is 9.97. The number of amides is 1. The van der Waals surface area contributed by atoms with E-state index in [-0.39, 0.29) is 24.3 Å². The second kappa shape index (κ2) is 6.98. The van der Waals surface area contributed by atoms with Gasteiger partial charge in [-0.15, -0.1) is 5.10 Å². The zero-order chi connectivity index (χ0) is 15.4. The number of carboxylic acid groups (broad SMARTS) is 1. The van der Waals surface area contributed by atoms with Gasteiger partial charge in [-0.3, -0.25) is 9.59 Å². The van der Waals surface area contributed by atoms with Crippen LogP contribution in [0.2, 0.25) is 0 Å². The Bertz CT molecular complexity index is 515. The highest BCUT2D eigenvalue weighted by atomic mass is 32.1. The van der Waals surface area contributed by atoms with E-state index >= 15 is 0 Å². The van der Waals surface area contributed by atoms with Gasteiger partial charge in [-0.2, -0.15) is 0 Å². The minimum Gasteiger partial charge on any atom is -0.481 e. The lowest BCUT2D eigenvalue weighted by Crippen LogP contribution is -2.44. The monoisotopic (exact) mass is 311 g/mol. The standard InChI is InChI=1S/C14H21N3O3S/c1-9(2)12-13(21-16-15-12)14(20)17-8-4-3-5-10(17)6-7-11(18)19/h9-10H,3-8H2,1-2H3,(H,18,19). The minimum absolute atomic E-state index is 0.0180. The molecule has 116 valence electrons. The second-order valence-corrected chi connectivity index (χ2v) is 6.48. The number of likely N-dealkylation sites (tertiary alicyclic amines) is 1. The normalized spacial score (nSPS) is 19.0. The van der Waals surface area contributed by atoms with Crippen molar-refractivity contribution in [2.24, 2.45) is 0 Å². The molecular formula is C14H21N3O3S. The molecule has 1 atom stereocenters. The first-order chi connectivity index (χ1) is 10.0. The van der Waals surface area contributed by atoms with Crippen molar-refractivity contribution in [2.45, 2.75) is 57.9 Å². The van der Waals surface area contributed by atoms with E-state index < -0.39 is 5.97 Å². The van der Waals surface area contributed by atoms with Crippen LogP contribution in [0.15, 0.2) is 0 Å². The summed E-state index contributed by atoms with van der Waals surface area (Å²) in [5.41, 5.74) is 0.743. The predicted molar refractivity (Wildman–Crippen MR) is 79.5 cm³/mol. The fourth-order valence-electron chi connectivity index (χ4n) is 2.71. The van der Waals surface area contributed by atoms with E-state index in [4.69, 9.17) is 5.11 Å². The first-order valence-electron chi connectivity index (χ1n) is 7.35. The average molecular weight is 311 g/mol. The number of carboxylic acids is 1. The van der Waals surface area contributed by atoms with E-state index in [9.17, 15) is 9.59 Å². The zero-order valence-corrected chi connectivity index (χ0v) is 13.2. The Labute approximate surface area is 128 Å². The van der Waals surface area contributed by atoms with Crippen LogP contribution < -0.4 is 0 Å². The third kappa shape index (κ3) is 3.78. The quantitative estimate of drug-likeness (QED) is 0.903. The fourth-order valence-corrected chi connectivity index (χ4v) is 3.49. The molecule has 1 saturated heterocycles. The van der Waals surface area contributed by atoms with Gasteiger partial charge >= 0.3 is 5.97 Å². The maximum atomic E-state index is 12.8. The van der Waals surface area contributed by atoms with E-state index in [1.165, 1.54) is 0 Å². The average Bonchev–Trinajstić information content (AvgIpc) is 2.94. The molecule has 21 heavy (non-hydrogen) atoms. The van der Waals surface area contributed by atoms with Crippen LogP contribution >= 0.6 is 11.5 Å². The van der Waals surface area contributed by atoms with Gasteiger partial charge in [0.1, 0.15) is 4.88 Å². The van der Waals surface area contributed by atoms with Crippen LogP contribution in [0, 0.1) is 0 Å². The highest BCUT2D eigenvalue weighted by Gasteiger charge is 2.31. The van der Waals surface area contributed by atoms with Crippen molar-refractivity contribution in [3.8, 4) is 0 Å². The number of carbonyl (C=O) groups is 2. The highest BCUT2D eigenvalue weighted by molar-refractivity contribution is 7.08. The van der Waals surface area contributed by atoms with E-state index in [0.29, 0.717) is 17.8 Å². The smallest absolute Gasteiger partial charge is 0.303 e. The maximum Gasteiger partial charge on any atom is 0.303 e. The summed E-state index contributed by atoms with van der Waals surface area (Å²) in [5.74, 6) is -0.691. The summed E-state index contributed by atoms with van der Waals surface area (Å²) >= 11 is 1.14. The lowest BCUT2D eigenvalue weighted by Gasteiger charge is -2.35. The van der Waals surface area contributed by atoms with Gasteiger partial charge in [-0.25, -0.2) is 0 Å². The molecular weight excluding hydrogens is 290 g/mol. The molecule has 1 unspecified atom stereocenters. The van der Waals surface area contributed by atoms with Crippen LogP contribution in [0.5, 0.6) is 0 Å². The van der Waals surface area contributed by atoms with Gasteiger partial charge in [0, 0.05) is 19.0 Å². The SMILES string of the molecule is CC(C)c1nnsc1C(=O)N1CCCCC1CCC(=O)O. The molecule has 2 rings (SSSR count). The largest absolute Gasteiger partial charge is 0.481 e. The van der Waals surface area contributed by atoms with Crippen molar-refractivity contribution in [2.75, 3.05) is 6.54 Å². The third-order valence-electron chi connectivity index (χ3n) is 3.83. The molecule has 2 heterocycles. The molecule has 1 aromatic rings. The summed E-state index contributed by atoms with van der Waals surface area (Å²) in [6.45, 7) is 4.68. The van der Waals surface area contributed by atoms with Gasteiger partial charge in [0.2, 0.25) is 0 Å². The molecule has 1 amide bonds. The molecule has 0 bridgehead atoms. The Kier molecular flexibility index (Phi) is 5.27. The number of rotatable bonds is 5. The number of carbonyl (C=O) groups excluding carboxylic acids is 1. The number of piperidine rings is 1. The molecule has 0 spiro atoms. The second-order valence-electron chi connectivity index (χ2n) is 5.72. The van der Waals surface area contributed by atoms with Gasteiger partial charge in [0.05, 0.1) is 5.69 Å². The van der Waals surface area contributed by atoms with Crippen molar-refractivity contribution in [3.63, 3.8) is 0 Å². The van der Waals surface area contributed by atoms with E-state index in [0.717, 1.165) is 36.5 Å². The number of hydrogen-bond donors (Lipinski definition) is 1. The van der Waals surface area contributed by atoms with Crippen LogP contribution in [0.1, 0.15) is 67.2 Å². The van der Waals surface area contributed by atoms with Crippen molar-refractivity contribution in [1.29, 1.82) is 0 Å². The van der Waals surface area contributed by atoms with Crippen LogP contribution in [0.4, 0.5) is 0 Å². The molecule has 1 aliphatic heterocycles. The Morgan fingerprint density at radius 3 is 2.86 bits per heavy atom. The van der Waals surface area contributed by atoms with Crippen LogP contribution in [-0.2, 0) is 4.79 Å². The molecule has 6 nitrogen and oxygen atoms in total. The molecule has 1 N–H and O–H groups in total. The van der Waals surface area contributed by atoms with Gasteiger partial charge in [-0.05, 0) is 43.1 Å². The first-order valence-corrected chi connectivity index (χ1v) is 8.13. The molecule has 1 aromatic heterocycles. The summed E-state index contributed by atoms with van der Waals surface area (Å²) in [4.78, 5) is 26.0. The molecule has 1 fully saturated rings. The van der Waals surface area contributed by atoms with E-state index in [1.807, 2.05) is 18.7 Å². The van der Waals surface area contributed by atoms with E-state index in [1.54, 1.807) is 0 Å². The van der Waals surface area contributed by atoms with Gasteiger partial charge in [-0.1, -0.05) is 18.3 Å². The van der Waals surface area contributed by atoms with Gasteiger partial charge in [0.25, 0.3) is 5.91 Å². The molecule has 0 radical (unpaired) electrons. The summed E-state index contributed by atoms with van der Waals surface area (Å²) in [5, 5.41) is 12.9. The van der Waals surface area contributed by atoms with Crippen LogP contribution in [0.25, 0.3) is 0 Å². The van der Waals surface area contributed by atoms with E-state index in [2.05, 4.69) is 9.59 Å². The molecule has 0 saturated carbocycles. The van der Waals surface area contributed by atoms with Gasteiger partial charge < -0.3 is 10.0 Å². The Morgan fingerprint density at radius 1 is 1.43 bits per heavy atom. The highest BCUT2D eigenvalue weighted by Crippen LogP contribution is 2.27. The summed E-state index contributed by atoms with van der Waals surface area (Å²) in [7, 11) is 0.